The number of ether oxygens (including phenoxy) is 1. The molecule has 0 spiro atoms. The molecule has 2 aromatic carbocycles. The van der Waals surface area contributed by atoms with Gasteiger partial charge in [0.2, 0.25) is 0 Å². The zero-order valence-corrected chi connectivity index (χ0v) is 23.1. The lowest BCUT2D eigenvalue weighted by Gasteiger charge is -2.27. The molecular formula is C29H46O4. The van der Waals surface area contributed by atoms with Crippen LogP contribution >= 0.6 is 0 Å². The standard InChI is InChI=1S/C15H24O2.C14H22O2/c1-14(2,3)10-9-13(17-7)11(8-12(10)16)15(4,5)6;1-13(2,3)10-7-9(15)8-11(12(10)16)14(4,5)6/h8-9,16H,1-7H3;7-8,15-16H,1-6H3. The van der Waals surface area contributed by atoms with Crippen molar-refractivity contribution in [1.82, 2.24) is 0 Å². The predicted octanol–water partition coefficient (Wildman–Crippen LogP) is 7.69. The summed E-state index contributed by atoms with van der Waals surface area (Å²) in [5.41, 5.74) is 3.04. The molecule has 33 heavy (non-hydrogen) atoms. The van der Waals surface area contributed by atoms with Crippen LogP contribution in [-0.4, -0.2) is 22.4 Å². The average molecular weight is 459 g/mol. The van der Waals surface area contributed by atoms with Gasteiger partial charge in [0.15, 0.2) is 0 Å². The van der Waals surface area contributed by atoms with E-state index in [0.717, 1.165) is 28.0 Å². The molecule has 2 rings (SSSR count). The number of hydrogen-bond acceptors (Lipinski definition) is 4. The summed E-state index contributed by atoms with van der Waals surface area (Å²) in [4.78, 5) is 0. The maximum absolute atomic E-state index is 10.3. The van der Waals surface area contributed by atoms with Crippen molar-refractivity contribution in [2.45, 2.75) is 105 Å². The molecule has 4 heteroatoms. The van der Waals surface area contributed by atoms with Crippen LogP contribution in [0.5, 0.6) is 23.0 Å². The van der Waals surface area contributed by atoms with E-state index in [2.05, 4.69) is 41.5 Å². The predicted molar refractivity (Wildman–Crippen MR) is 139 cm³/mol. The Hall–Kier alpha value is -2.36. The smallest absolute Gasteiger partial charge is 0.123 e. The van der Waals surface area contributed by atoms with Crippen LogP contribution in [0.25, 0.3) is 0 Å². The first-order valence-electron chi connectivity index (χ1n) is 11.6. The van der Waals surface area contributed by atoms with Gasteiger partial charge in [0.25, 0.3) is 0 Å². The van der Waals surface area contributed by atoms with Crippen LogP contribution in [0.15, 0.2) is 24.3 Å². The van der Waals surface area contributed by atoms with Crippen LogP contribution in [0.3, 0.4) is 0 Å². The van der Waals surface area contributed by atoms with Crippen molar-refractivity contribution in [3.8, 4) is 23.0 Å². The highest BCUT2D eigenvalue weighted by molar-refractivity contribution is 5.52. The molecule has 0 saturated heterocycles. The van der Waals surface area contributed by atoms with Gasteiger partial charge in [-0.05, 0) is 45.9 Å². The van der Waals surface area contributed by atoms with E-state index in [1.807, 2.05) is 53.7 Å². The second-order valence-corrected chi connectivity index (χ2v) is 13.0. The summed E-state index contributed by atoms with van der Waals surface area (Å²) < 4.78 is 5.45. The minimum atomic E-state index is -0.178. The van der Waals surface area contributed by atoms with Gasteiger partial charge in [-0.1, -0.05) is 83.1 Å². The second-order valence-electron chi connectivity index (χ2n) is 13.0. The van der Waals surface area contributed by atoms with E-state index in [1.165, 1.54) is 0 Å². The molecule has 0 aromatic heterocycles. The van der Waals surface area contributed by atoms with Gasteiger partial charge in [-0.3, -0.25) is 0 Å². The van der Waals surface area contributed by atoms with Gasteiger partial charge in [-0.25, -0.2) is 0 Å². The number of phenolic OH excluding ortho intramolecular Hbond substituents is 3. The van der Waals surface area contributed by atoms with Crippen molar-refractivity contribution in [2.24, 2.45) is 0 Å². The normalized spacial score (nSPS) is 12.8. The van der Waals surface area contributed by atoms with Gasteiger partial charge < -0.3 is 20.1 Å². The summed E-state index contributed by atoms with van der Waals surface area (Å²) in [6.07, 6.45) is 0. The quantitative estimate of drug-likeness (QED) is 0.383. The van der Waals surface area contributed by atoms with E-state index < -0.39 is 0 Å². The Morgan fingerprint density at radius 1 is 0.515 bits per heavy atom. The van der Waals surface area contributed by atoms with Crippen LogP contribution < -0.4 is 4.74 Å². The average Bonchev–Trinajstić information content (AvgIpc) is 2.60. The summed E-state index contributed by atoms with van der Waals surface area (Å²) in [7, 11) is 1.67. The Balaban J connectivity index is 0.000000331. The molecule has 0 fully saturated rings. The van der Waals surface area contributed by atoms with Crippen LogP contribution in [0, 0.1) is 0 Å². The van der Waals surface area contributed by atoms with E-state index in [4.69, 9.17) is 4.74 Å². The van der Waals surface area contributed by atoms with Crippen molar-refractivity contribution in [2.75, 3.05) is 7.11 Å². The topological polar surface area (TPSA) is 69.9 Å². The molecule has 3 N–H and O–H groups in total. The molecule has 0 aliphatic carbocycles. The number of benzene rings is 2. The Labute approximate surface area is 201 Å². The number of phenols is 3. The van der Waals surface area contributed by atoms with Crippen molar-refractivity contribution >= 4 is 0 Å². The first-order valence-corrected chi connectivity index (χ1v) is 11.6. The molecule has 0 atom stereocenters. The number of rotatable bonds is 1. The lowest BCUT2D eigenvalue weighted by molar-refractivity contribution is 0.388. The number of hydrogen-bond donors (Lipinski definition) is 3. The fourth-order valence-corrected chi connectivity index (χ4v) is 3.69. The van der Waals surface area contributed by atoms with Gasteiger partial charge in [-0.2, -0.15) is 0 Å². The van der Waals surface area contributed by atoms with Gasteiger partial charge in [-0.15, -0.1) is 0 Å². The zero-order chi connectivity index (χ0) is 26.2. The first kappa shape index (κ1) is 28.7. The molecule has 4 nitrogen and oxygen atoms in total. The van der Waals surface area contributed by atoms with E-state index >= 15 is 0 Å². The van der Waals surface area contributed by atoms with E-state index in [1.54, 1.807) is 19.2 Å². The van der Waals surface area contributed by atoms with E-state index in [-0.39, 0.29) is 27.4 Å². The van der Waals surface area contributed by atoms with E-state index in [9.17, 15) is 15.3 Å². The Bertz CT molecular complexity index is 924. The number of methoxy groups -OCH3 is 1. The molecule has 2 aromatic rings. The Kier molecular flexibility index (Phi) is 8.24. The van der Waals surface area contributed by atoms with Crippen LogP contribution in [-0.2, 0) is 21.7 Å². The highest BCUT2D eigenvalue weighted by Gasteiger charge is 2.27. The molecule has 0 amide bonds. The fraction of sp³-hybridized carbons (Fsp3) is 0.586. The molecule has 0 radical (unpaired) electrons. The van der Waals surface area contributed by atoms with Crippen molar-refractivity contribution < 1.29 is 20.1 Å². The van der Waals surface area contributed by atoms with Crippen LogP contribution in [0.4, 0.5) is 0 Å². The maximum atomic E-state index is 10.3. The summed E-state index contributed by atoms with van der Waals surface area (Å²) in [5, 5.41) is 30.2. The minimum absolute atomic E-state index is 0.0424. The van der Waals surface area contributed by atoms with Gasteiger partial charge in [0.05, 0.1) is 7.11 Å². The van der Waals surface area contributed by atoms with Gasteiger partial charge in [0, 0.05) is 22.3 Å². The maximum Gasteiger partial charge on any atom is 0.123 e. The summed E-state index contributed by atoms with van der Waals surface area (Å²) in [6.45, 7) is 24.7. The molecule has 0 aliphatic heterocycles. The van der Waals surface area contributed by atoms with Crippen molar-refractivity contribution in [1.29, 1.82) is 0 Å². The third kappa shape index (κ3) is 7.31. The van der Waals surface area contributed by atoms with Crippen molar-refractivity contribution in [3.63, 3.8) is 0 Å². The second kappa shape index (κ2) is 9.48. The SMILES string of the molecule is CC(C)(C)c1cc(O)cc(C(C)(C)C)c1O.COc1cc(C(C)(C)C)c(O)cc1C(C)(C)C. The molecule has 186 valence electrons. The lowest BCUT2D eigenvalue weighted by Crippen LogP contribution is -2.16. The summed E-state index contributed by atoms with van der Waals surface area (Å²) in [6, 6.07) is 7.07. The molecule has 0 bridgehead atoms. The highest BCUT2D eigenvalue weighted by atomic mass is 16.5. The molecule has 0 unspecified atom stereocenters. The summed E-state index contributed by atoms with van der Waals surface area (Å²) >= 11 is 0. The van der Waals surface area contributed by atoms with Gasteiger partial charge >= 0.3 is 0 Å². The first-order chi connectivity index (χ1) is 14.6. The fourth-order valence-electron chi connectivity index (χ4n) is 3.69. The third-order valence-electron chi connectivity index (χ3n) is 5.64. The third-order valence-corrected chi connectivity index (χ3v) is 5.64. The van der Waals surface area contributed by atoms with Gasteiger partial charge in [0.1, 0.15) is 23.0 Å². The Morgan fingerprint density at radius 3 is 1.18 bits per heavy atom. The molecule has 0 saturated carbocycles. The zero-order valence-electron chi connectivity index (χ0n) is 23.1. The highest BCUT2D eigenvalue weighted by Crippen LogP contribution is 2.42. The molecule has 0 heterocycles. The molecule has 0 aliphatic rings. The summed E-state index contributed by atoms with van der Waals surface area (Å²) in [5.74, 6) is 1.72. The van der Waals surface area contributed by atoms with Crippen molar-refractivity contribution in [3.05, 3.63) is 46.5 Å². The molecular weight excluding hydrogens is 412 g/mol. The minimum Gasteiger partial charge on any atom is -0.508 e. The van der Waals surface area contributed by atoms with Crippen LogP contribution in [0.2, 0.25) is 0 Å². The number of aromatic hydroxyl groups is 3. The largest absolute Gasteiger partial charge is 0.508 e. The monoisotopic (exact) mass is 458 g/mol. The Morgan fingerprint density at radius 2 is 0.879 bits per heavy atom. The van der Waals surface area contributed by atoms with Crippen LogP contribution in [0.1, 0.15) is 105 Å². The van der Waals surface area contributed by atoms with E-state index in [0.29, 0.717) is 11.5 Å². The lowest BCUT2D eigenvalue weighted by atomic mass is 9.79.